The van der Waals surface area contributed by atoms with Crippen LogP contribution >= 0.6 is 69.6 Å². The van der Waals surface area contributed by atoms with Gasteiger partial charge in [-0.1, -0.05) is 0 Å². The Morgan fingerprint density at radius 1 is 0.789 bits per heavy atom. The number of aliphatic carboxylic acids is 2. The van der Waals surface area contributed by atoms with Gasteiger partial charge in [0.1, 0.15) is 5.38 Å². The van der Waals surface area contributed by atoms with E-state index in [1.54, 1.807) is 0 Å². The summed E-state index contributed by atoms with van der Waals surface area (Å²) in [5.41, 5.74) is 0. The predicted octanol–water partition coefficient (Wildman–Crippen LogP) is 3.19. The van der Waals surface area contributed by atoms with Crippen molar-refractivity contribution in [3.8, 4) is 0 Å². The van der Waals surface area contributed by atoms with Crippen molar-refractivity contribution in [1.82, 2.24) is 0 Å². The highest BCUT2D eigenvalue weighted by molar-refractivity contribution is 6.43. The van der Waals surface area contributed by atoms with Crippen LogP contribution in [0.2, 0.25) is 0 Å². The molecule has 4 nitrogen and oxygen atoms in total. The zero-order chi connectivity index (χ0) is 15.3. The standard InChI is InChI=1S/C9H10Cl6O4/c10-2(1-3(16)17)4(11)5(12)6(13)7(14)8(15)9(18)19/h2,4-8H,1H2,(H,16,17)(H,18,19). The van der Waals surface area contributed by atoms with Gasteiger partial charge >= 0.3 is 11.9 Å². The number of carboxylic acids is 2. The summed E-state index contributed by atoms with van der Waals surface area (Å²) in [5.74, 6) is -2.50. The summed E-state index contributed by atoms with van der Waals surface area (Å²) < 4.78 is 0. The van der Waals surface area contributed by atoms with E-state index in [0.717, 1.165) is 0 Å². The lowest BCUT2D eigenvalue weighted by Gasteiger charge is -2.27. The van der Waals surface area contributed by atoms with Crippen molar-refractivity contribution in [2.45, 2.75) is 38.7 Å². The Morgan fingerprint density at radius 2 is 1.21 bits per heavy atom. The van der Waals surface area contributed by atoms with E-state index in [-0.39, 0.29) is 0 Å². The SMILES string of the molecule is O=C(O)CC(Cl)C(Cl)C(Cl)C(Cl)C(Cl)C(Cl)C(=O)O. The van der Waals surface area contributed by atoms with Crippen molar-refractivity contribution in [1.29, 1.82) is 0 Å². The highest BCUT2D eigenvalue weighted by Crippen LogP contribution is 2.31. The lowest BCUT2D eigenvalue weighted by molar-refractivity contribution is -0.137. The molecule has 0 heterocycles. The van der Waals surface area contributed by atoms with Crippen molar-refractivity contribution in [2.75, 3.05) is 0 Å². The van der Waals surface area contributed by atoms with E-state index in [0.29, 0.717) is 0 Å². The molecule has 0 saturated heterocycles. The Labute approximate surface area is 139 Å². The quantitative estimate of drug-likeness (QED) is 0.620. The molecule has 6 atom stereocenters. The molecule has 2 N–H and O–H groups in total. The molecule has 112 valence electrons. The summed E-state index contributed by atoms with van der Waals surface area (Å²) >= 11 is 34.8. The van der Waals surface area contributed by atoms with Gasteiger partial charge in [-0.15, -0.1) is 69.6 Å². The molecule has 0 radical (unpaired) electrons. The Morgan fingerprint density at radius 3 is 1.58 bits per heavy atom. The second-order valence-electron chi connectivity index (χ2n) is 3.63. The molecule has 0 saturated carbocycles. The average Bonchev–Trinajstić information content (AvgIpc) is 2.33. The van der Waals surface area contributed by atoms with Crippen molar-refractivity contribution >= 4 is 81.5 Å². The number of carbonyl (C=O) groups is 2. The van der Waals surface area contributed by atoms with Crippen LogP contribution in [0, 0.1) is 0 Å². The number of hydrogen-bond donors (Lipinski definition) is 2. The van der Waals surface area contributed by atoms with Gasteiger partial charge in [-0.05, 0) is 0 Å². The number of rotatable bonds is 8. The highest BCUT2D eigenvalue weighted by Gasteiger charge is 2.39. The lowest BCUT2D eigenvalue weighted by atomic mass is 10.1. The molecule has 0 aliphatic carbocycles. The number of hydrogen-bond acceptors (Lipinski definition) is 2. The Balaban J connectivity index is 4.66. The molecule has 0 spiro atoms. The van der Waals surface area contributed by atoms with E-state index in [1.807, 2.05) is 0 Å². The molecule has 0 amide bonds. The summed E-state index contributed by atoms with van der Waals surface area (Å²) in [4.78, 5) is 21.2. The predicted molar refractivity (Wildman–Crippen MR) is 77.7 cm³/mol. The van der Waals surface area contributed by atoms with E-state index in [1.165, 1.54) is 0 Å². The first-order valence-corrected chi connectivity index (χ1v) is 7.50. The number of carboxylic acid groups (broad SMARTS) is 2. The molecule has 19 heavy (non-hydrogen) atoms. The molecule has 0 aliphatic heterocycles. The molecule has 0 aromatic carbocycles. The van der Waals surface area contributed by atoms with E-state index in [4.69, 9.17) is 79.8 Å². The molecular weight excluding hydrogens is 385 g/mol. The molecule has 0 aromatic heterocycles. The maximum atomic E-state index is 10.7. The summed E-state index contributed by atoms with van der Waals surface area (Å²) in [6, 6.07) is 0. The minimum absolute atomic E-state index is 0.418. The van der Waals surface area contributed by atoms with Crippen molar-refractivity contribution in [3.05, 3.63) is 0 Å². The molecular formula is C9H10Cl6O4. The summed E-state index contributed by atoms with van der Waals surface area (Å²) in [6.45, 7) is 0. The minimum atomic E-state index is -1.46. The molecule has 0 aromatic rings. The van der Waals surface area contributed by atoms with Crippen molar-refractivity contribution in [2.24, 2.45) is 0 Å². The topological polar surface area (TPSA) is 74.6 Å². The van der Waals surface area contributed by atoms with Gasteiger partial charge in [-0.25, -0.2) is 0 Å². The minimum Gasteiger partial charge on any atom is -0.481 e. The zero-order valence-electron chi connectivity index (χ0n) is 9.15. The Bertz CT molecular complexity index is 328. The second kappa shape index (κ2) is 8.85. The molecule has 0 rings (SSSR count). The molecule has 6 unspecified atom stereocenters. The van der Waals surface area contributed by atoms with Crippen LogP contribution in [0.4, 0.5) is 0 Å². The molecule has 10 heteroatoms. The fourth-order valence-electron chi connectivity index (χ4n) is 1.13. The van der Waals surface area contributed by atoms with Crippen LogP contribution < -0.4 is 0 Å². The third-order valence-corrected chi connectivity index (χ3v) is 5.86. The van der Waals surface area contributed by atoms with Gasteiger partial charge in [-0.2, -0.15) is 0 Å². The zero-order valence-corrected chi connectivity index (χ0v) is 13.7. The third-order valence-electron chi connectivity index (χ3n) is 2.14. The molecule has 0 aliphatic rings. The third kappa shape index (κ3) is 6.32. The summed E-state index contributed by atoms with van der Waals surface area (Å²) in [7, 11) is 0. The molecule has 0 bridgehead atoms. The van der Waals surface area contributed by atoms with Gasteiger partial charge < -0.3 is 10.2 Å². The van der Waals surface area contributed by atoms with Crippen LogP contribution in [-0.4, -0.2) is 54.4 Å². The maximum absolute atomic E-state index is 10.7. The van der Waals surface area contributed by atoms with E-state index in [9.17, 15) is 9.59 Å². The Kier molecular flexibility index (Phi) is 9.17. The largest absolute Gasteiger partial charge is 0.481 e. The second-order valence-corrected chi connectivity index (χ2v) is 6.68. The van der Waals surface area contributed by atoms with Gasteiger partial charge in [0.25, 0.3) is 0 Å². The van der Waals surface area contributed by atoms with E-state index >= 15 is 0 Å². The highest BCUT2D eigenvalue weighted by atomic mass is 35.5. The fourth-order valence-corrected chi connectivity index (χ4v) is 3.02. The van der Waals surface area contributed by atoms with Crippen LogP contribution in [0.3, 0.4) is 0 Å². The van der Waals surface area contributed by atoms with E-state index in [2.05, 4.69) is 0 Å². The average molecular weight is 395 g/mol. The van der Waals surface area contributed by atoms with Gasteiger partial charge in [-0.3, -0.25) is 9.59 Å². The normalized spacial score (nSPS) is 20.9. The maximum Gasteiger partial charge on any atom is 0.323 e. The summed E-state index contributed by atoms with van der Waals surface area (Å²) in [5, 5.41) is 10.5. The molecule has 0 fully saturated rings. The van der Waals surface area contributed by atoms with Crippen LogP contribution in [0.25, 0.3) is 0 Å². The van der Waals surface area contributed by atoms with Gasteiger partial charge in [0.15, 0.2) is 0 Å². The monoisotopic (exact) mass is 392 g/mol. The van der Waals surface area contributed by atoms with Gasteiger partial charge in [0.2, 0.25) is 0 Å². The van der Waals surface area contributed by atoms with Crippen molar-refractivity contribution < 1.29 is 19.8 Å². The van der Waals surface area contributed by atoms with Gasteiger partial charge in [0.05, 0.1) is 33.3 Å². The van der Waals surface area contributed by atoms with Crippen LogP contribution in [-0.2, 0) is 9.59 Å². The van der Waals surface area contributed by atoms with Gasteiger partial charge in [0, 0.05) is 0 Å². The fraction of sp³-hybridized carbons (Fsp3) is 0.778. The summed E-state index contributed by atoms with van der Waals surface area (Å²) in [6.07, 6.45) is -0.418. The van der Waals surface area contributed by atoms with Crippen LogP contribution in [0.5, 0.6) is 0 Å². The van der Waals surface area contributed by atoms with E-state index < -0.39 is 50.6 Å². The lowest BCUT2D eigenvalue weighted by Crippen LogP contribution is -2.42. The number of halogens is 6. The first kappa shape index (κ1) is 19.7. The first-order chi connectivity index (χ1) is 8.59. The van der Waals surface area contributed by atoms with Crippen LogP contribution in [0.15, 0.2) is 0 Å². The smallest absolute Gasteiger partial charge is 0.323 e. The van der Waals surface area contributed by atoms with Crippen molar-refractivity contribution in [3.63, 3.8) is 0 Å². The first-order valence-electron chi connectivity index (χ1n) is 4.88. The van der Waals surface area contributed by atoms with Crippen LogP contribution in [0.1, 0.15) is 6.42 Å². The number of alkyl halides is 6. The Hall–Kier alpha value is 0.680.